The highest BCUT2D eigenvalue weighted by Crippen LogP contribution is 2.03. The molecule has 0 spiro atoms. The van der Waals surface area contributed by atoms with Crippen molar-refractivity contribution >= 4 is 0 Å². The maximum absolute atomic E-state index is 9.65. The molecule has 106 valence electrons. The molecule has 4 heteroatoms. The molecule has 0 heterocycles. The fraction of sp³-hybridized carbons (Fsp3) is 0.714. The van der Waals surface area contributed by atoms with Crippen LogP contribution in [0.25, 0.3) is 0 Å². The smallest absolute Gasteiger partial charge is 0.105 e. The van der Waals surface area contributed by atoms with Crippen LogP contribution in [0.15, 0.2) is 24.7 Å². The highest BCUT2D eigenvalue weighted by molar-refractivity contribution is 4.90. The Bertz CT molecular complexity index is 217. The van der Waals surface area contributed by atoms with E-state index in [1.54, 1.807) is 0 Å². The van der Waals surface area contributed by atoms with Crippen LogP contribution >= 0.6 is 0 Å². The Kier molecular flexibility index (Phi) is 10.5. The Morgan fingerprint density at radius 1 is 0.944 bits per heavy atom. The topological polar surface area (TPSA) is 41.9 Å². The zero-order valence-corrected chi connectivity index (χ0v) is 11.8. The Morgan fingerprint density at radius 3 is 1.67 bits per heavy atom. The number of nitrogens with zero attached hydrogens (tertiary/aromatic N) is 1. The lowest BCUT2D eigenvalue weighted by Crippen LogP contribution is -2.25. The van der Waals surface area contributed by atoms with E-state index in [0.717, 1.165) is 30.7 Å². The van der Waals surface area contributed by atoms with Gasteiger partial charge in [0.1, 0.15) is 11.5 Å². The fourth-order valence-electron chi connectivity index (χ4n) is 1.28. The van der Waals surface area contributed by atoms with Gasteiger partial charge in [-0.05, 0) is 12.8 Å². The van der Waals surface area contributed by atoms with Crippen LogP contribution in [-0.4, -0.2) is 36.6 Å². The normalized spacial score (nSPS) is 10.4. The number of hydroxylamine groups is 2. The summed E-state index contributed by atoms with van der Waals surface area (Å²) in [6.45, 7) is 13.6. The predicted octanol–water partition coefficient (Wildman–Crippen LogP) is 3.34. The summed E-state index contributed by atoms with van der Waals surface area (Å²) in [7, 11) is 0. The van der Waals surface area contributed by atoms with E-state index in [9.17, 15) is 5.21 Å². The first-order chi connectivity index (χ1) is 8.60. The molecule has 1 N–H and O–H groups in total. The number of ether oxygens (including phenoxy) is 2. The summed E-state index contributed by atoms with van der Waals surface area (Å²) in [4.78, 5) is 0. The zero-order valence-electron chi connectivity index (χ0n) is 11.8. The van der Waals surface area contributed by atoms with Gasteiger partial charge in [-0.25, -0.2) is 0 Å². The minimum Gasteiger partial charge on any atom is -0.497 e. The van der Waals surface area contributed by atoms with Gasteiger partial charge < -0.3 is 14.7 Å². The lowest BCUT2D eigenvalue weighted by Gasteiger charge is -2.18. The van der Waals surface area contributed by atoms with Gasteiger partial charge >= 0.3 is 0 Å². The first kappa shape index (κ1) is 17.0. The zero-order chi connectivity index (χ0) is 13.8. The molecule has 0 aromatic carbocycles. The fourth-order valence-corrected chi connectivity index (χ4v) is 1.28. The van der Waals surface area contributed by atoms with E-state index in [2.05, 4.69) is 27.0 Å². The van der Waals surface area contributed by atoms with Crippen LogP contribution in [0.3, 0.4) is 0 Å². The first-order valence-electron chi connectivity index (χ1n) is 6.65. The van der Waals surface area contributed by atoms with Crippen LogP contribution in [0.4, 0.5) is 0 Å². The number of hydrogen-bond donors (Lipinski definition) is 1. The summed E-state index contributed by atoms with van der Waals surface area (Å²) in [5, 5.41) is 10.8. The van der Waals surface area contributed by atoms with Gasteiger partial charge in [-0.3, -0.25) is 0 Å². The summed E-state index contributed by atoms with van der Waals surface area (Å²) in [5.74, 6) is 1.12. The Labute approximate surface area is 111 Å². The molecule has 18 heavy (non-hydrogen) atoms. The SMILES string of the molecule is C=C(CN(O)CC(=C)OCCCC)OCCCC. The molecule has 0 atom stereocenters. The molecule has 0 rings (SSSR count). The monoisotopic (exact) mass is 257 g/mol. The molecular formula is C14H27NO3. The highest BCUT2D eigenvalue weighted by Gasteiger charge is 2.06. The van der Waals surface area contributed by atoms with Crippen LogP contribution in [0, 0.1) is 0 Å². The van der Waals surface area contributed by atoms with Crippen molar-refractivity contribution in [2.75, 3.05) is 26.3 Å². The minimum absolute atomic E-state index is 0.278. The molecule has 0 saturated carbocycles. The van der Waals surface area contributed by atoms with E-state index in [-0.39, 0.29) is 13.1 Å². The number of unbranched alkanes of at least 4 members (excludes halogenated alkanes) is 2. The van der Waals surface area contributed by atoms with E-state index in [1.807, 2.05) is 0 Å². The van der Waals surface area contributed by atoms with Gasteiger partial charge in [0, 0.05) is 0 Å². The van der Waals surface area contributed by atoms with Gasteiger partial charge in [-0.1, -0.05) is 39.8 Å². The van der Waals surface area contributed by atoms with Crippen molar-refractivity contribution in [3.05, 3.63) is 24.7 Å². The standard InChI is InChI=1S/C14H27NO3/c1-5-7-9-17-13(3)11-15(16)12-14(4)18-10-8-6-2/h16H,3-12H2,1-2H3. The third-order valence-electron chi connectivity index (χ3n) is 2.33. The Hall–Kier alpha value is -1.00. The molecule has 0 unspecified atom stereocenters. The summed E-state index contributed by atoms with van der Waals surface area (Å²) in [6.07, 6.45) is 4.16. The van der Waals surface area contributed by atoms with Crippen molar-refractivity contribution in [3.8, 4) is 0 Å². The molecule has 0 aromatic heterocycles. The van der Waals surface area contributed by atoms with Crippen LogP contribution in [0.1, 0.15) is 39.5 Å². The maximum atomic E-state index is 9.65. The van der Waals surface area contributed by atoms with Gasteiger partial charge in [-0.15, -0.1) is 0 Å². The van der Waals surface area contributed by atoms with Crippen molar-refractivity contribution in [1.82, 2.24) is 5.06 Å². The van der Waals surface area contributed by atoms with Crippen molar-refractivity contribution in [3.63, 3.8) is 0 Å². The van der Waals surface area contributed by atoms with Crippen LogP contribution in [0.2, 0.25) is 0 Å². The lowest BCUT2D eigenvalue weighted by atomic mass is 10.3. The largest absolute Gasteiger partial charge is 0.497 e. The molecule has 0 fully saturated rings. The average molecular weight is 257 g/mol. The molecule has 0 radical (unpaired) electrons. The van der Waals surface area contributed by atoms with Gasteiger partial charge in [0.2, 0.25) is 0 Å². The maximum Gasteiger partial charge on any atom is 0.105 e. The molecule has 0 aromatic rings. The van der Waals surface area contributed by atoms with Crippen LogP contribution in [-0.2, 0) is 9.47 Å². The second kappa shape index (κ2) is 11.1. The Balaban J connectivity index is 3.64. The summed E-state index contributed by atoms with van der Waals surface area (Å²) < 4.78 is 10.7. The van der Waals surface area contributed by atoms with E-state index in [4.69, 9.17) is 9.47 Å². The molecule has 0 bridgehead atoms. The molecular weight excluding hydrogens is 230 g/mol. The van der Waals surface area contributed by atoms with E-state index in [1.165, 1.54) is 0 Å². The third-order valence-corrected chi connectivity index (χ3v) is 2.33. The van der Waals surface area contributed by atoms with E-state index in [0.29, 0.717) is 24.7 Å². The summed E-state index contributed by atoms with van der Waals surface area (Å²) >= 11 is 0. The van der Waals surface area contributed by atoms with Crippen LogP contribution < -0.4 is 0 Å². The van der Waals surface area contributed by atoms with Crippen molar-refractivity contribution in [2.24, 2.45) is 0 Å². The molecule has 0 saturated heterocycles. The number of hydrogen-bond acceptors (Lipinski definition) is 4. The van der Waals surface area contributed by atoms with Crippen molar-refractivity contribution in [1.29, 1.82) is 0 Å². The highest BCUT2D eigenvalue weighted by atomic mass is 16.5. The van der Waals surface area contributed by atoms with E-state index >= 15 is 0 Å². The third kappa shape index (κ3) is 10.2. The predicted molar refractivity (Wildman–Crippen MR) is 73.4 cm³/mol. The van der Waals surface area contributed by atoms with Gasteiger partial charge in [-0.2, -0.15) is 5.06 Å². The minimum atomic E-state index is 0.278. The van der Waals surface area contributed by atoms with Gasteiger partial charge in [0.25, 0.3) is 0 Å². The lowest BCUT2D eigenvalue weighted by molar-refractivity contribution is -0.0916. The summed E-state index contributed by atoms with van der Waals surface area (Å²) in [6, 6.07) is 0. The van der Waals surface area contributed by atoms with E-state index < -0.39 is 0 Å². The van der Waals surface area contributed by atoms with Gasteiger partial charge in [0.05, 0.1) is 26.3 Å². The first-order valence-corrected chi connectivity index (χ1v) is 6.65. The van der Waals surface area contributed by atoms with Crippen molar-refractivity contribution < 1.29 is 14.7 Å². The van der Waals surface area contributed by atoms with Gasteiger partial charge in [0.15, 0.2) is 0 Å². The quantitative estimate of drug-likeness (QED) is 0.331. The van der Waals surface area contributed by atoms with Crippen LogP contribution in [0.5, 0.6) is 0 Å². The molecule has 0 aliphatic heterocycles. The average Bonchev–Trinajstić information content (AvgIpc) is 2.29. The number of rotatable bonds is 12. The molecule has 0 amide bonds. The molecule has 4 nitrogen and oxygen atoms in total. The second-order valence-electron chi connectivity index (χ2n) is 4.30. The Morgan fingerprint density at radius 2 is 1.33 bits per heavy atom. The molecule has 0 aliphatic carbocycles. The van der Waals surface area contributed by atoms with Crippen molar-refractivity contribution in [2.45, 2.75) is 39.5 Å². The molecule has 0 aliphatic rings. The second-order valence-corrected chi connectivity index (χ2v) is 4.30. The summed E-state index contributed by atoms with van der Waals surface area (Å²) in [5.41, 5.74) is 0.